The van der Waals surface area contributed by atoms with E-state index in [1.807, 2.05) is 66.7 Å². The van der Waals surface area contributed by atoms with Crippen LogP contribution in [0, 0.1) is 0 Å². The van der Waals surface area contributed by atoms with E-state index < -0.39 is 0 Å². The van der Waals surface area contributed by atoms with Crippen LogP contribution < -0.4 is 19.8 Å². The molecule has 0 spiro atoms. The second-order valence-corrected chi connectivity index (χ2v) is 6.77. The first-order chi connectivity index (χ1) is 15.1. The number of benzene rings is 3. The number of ether oxygens (including phenoxy) is 3. The van der Waals surface area contributed by atoms with Gasteiger partial charge in [0.25, 0.3) is 5.56 Å². The van der Waals surface area contributed by atoms with E-state index in [-0.39, 0.29) is 5.56 Å². The van der Waals surface area contributed by atoms with Crippen LogP contribution in [0.1, 0.15) is 11.4 Å². The van der Waals surface area contributed by atoms with Gasteiger partial charge in [-0.15, -0.1) is 0 Å². The summed E-state index contributed by atoms with van der Waals surface area (Å²) in [6, 6.07) is 20.1. The Labute approximate surface area is 180 Å². The normalized spacial score (nSPS) is 11.1. The molecular weight excluding hydrogens is 392 g/mol. The van der Waals surface area contributed by atoms with Crippen molar-refractivity contribution < 1.29 is 14.2 Å². The zero-order chi connectivity index (χ0) is 21.8. The molecule has 0 amide bonds. The molecule has 0 N–H and O–H groups in total. The van der Waals surface area contributed by atoms with Crippen LogP contribution in [0.5, 0.6) is 17.2 Å². The van der Waals surface area contributed by atoms with Crippen molar-refractivity contribution in [2.45, 2.75) is 0 Å². The molecule has 1 aromatic heterocycles. The second-order valence-electron chi connectivity index (χ2n) is 6.77. The number of hydrogen-bond acceptors (Lipinski definition) is 5. The van der Waals surface area contributed by atoms with Crippen molar-refractivity contribution in [1.82, 2.24) is 9.55 Å². The van der Waals surface area contributed by atoms with Gasteiger partial charge in [0.15, 0.2) is 0 Å². The fourth-order valence-corrected chi connectivity index (χ4v) is 3.38. The van der Waals surface area contributed by atoms with Gasteiger partial charge in [0.05, 0.1) is 37.9 Å². The summed E-state index contributed by atoms with van der Waals surface area (Å²) in [6.45, 7) is 0. The molecule has 0 saturated carbocycles. The quantitative estimate of drug-likeness (QED) is 0.462. The Hall–Kier alpha value is -4.06. The fourth-order valence-electron chi connectivity index (χ4n) is 3.38. The summed E-state index contributed by atoms with van der Waals surface area (Å²) in [5.41, 5.74) is 1.99. The molecule has 0 fully saturated rings. The van der Waals surface area contributed by atoms with Crippen molar-refractivity contribution in [2.75, 3.05) is 21.3 Å². The first-order valence-corrected chi connectivity index (χ1v) is 9.71. The van der Waals surface area contributed by atoms with Crippen molar-refractivity contribution in [2.24, 2.45) is 0 Å². The van der Waals surface area contributed by atoms with Crippen LogP contribution in [0.3, 0.4) is 0 Å². The van der Waals surface area contributed by atoms with Gasteiger partial charge in [-0.25, -0.2) is 4.98 Å². The molecule has 0 aliphatic carbocycles. The zero-order valence-electron chi connectivity index (χ0n) is 17.5. The largest absolute Gasteiger partial charge is 0.497 e. The lowest BCUT2D eigenvalue weighted by molar-refractivity contribution is 0.402. The lowest BCUT2D eigenvalue weighted by Crippen LogP contribution is -2.22. The number of methoxy groups -OCH3 is 3. The van der Waals surface area contributed by atoms with Crippen molar-refractivity contribution >= 4 is 23.1 Å². The number of aromatic nitrogens is 2. The molecule has 3 aromatic carbocycles. The van der Waals surface area contributed by atoms with E-state index in [2.05, 4.69) is 0 Å². The molecule has 0 aliphatic heterocycles. The maximum absolute atomic E-state index is 13.4. The molecule has 6 nitrogen and oxygen atoms in total. The standard InChI is InChI=1S/C25H22N2O4/c1-29-19-11-9-18(10-12-19)27-24(26-22-7-5-4-6-21(22)25(27)28)15-8-17-16-20(30-2)13-14-23(17)31-3/h4-16H,1-3H3/b15-8+. The first kappa shape index (κ1) is 20.2. The predicted octanol–water partition coefficient (Wildman–Crippen LogP) is 4.58. The molecular formula is C25H22N2O4. The average molecular weight is 414 g/mol. The van der Waals surface area contributed by atoms with Gasteiger partial charge in [-0.3, -0.25) is 9.36 Å². The lowest BCUT2D eigenvalue weighted by Gasteiger charge is -2.12. The molecule has 0 aliphatic rings. The molecule has 4 aromatic rings. The van der Waals surface area contributed by atoms with E-state index in [0.29, 0.717) is 39.7 Å². The van der Waals surface area contributed by atoms with Gasteiger partial charge in [0, 0.05) is 5.56 Å². The van der Waals surface area contributed by atoms with Crippen molar-refractivity contribution in [3.63, 3.8) is 0 Å². The Morgan fingerprint density at radius 3 is 2.23 bits per heavy atom. The maximum Gasteiger partial charge on any atom is 0.266 e. The Balaban J connectivity index is 1.90. The summed E-state index contributed by atoms with van der Waals surface area (Å²) >= 11 is 0. The summed E-state index contributed by atoms with van der Waals surface area (Å²) in [5, 5.41) is 0.550. The van der Waals surface area contributed by atoms with E-state index in [1.54, 1.807) is 38.0 Å². The number of nitrogens with zero attached hydrogens (tertiary/aromatic N) is 2. The highest BCUT2D eigenvalue weighted by molar-refractivity contribution is 5.80. The van der Waals surface area contributed by atoms with Crippen molar-refractivity contribution in [3.8, 4) is 22.9 Å². The minimum Gasteiger partial charge on any atom is -0.497 e. The molecule has 0 saturated heterocycles. The van der Waals surface area contributed by atoms with Crippen LogP contribution in [0.15, 0.2) is 71.5 Å². The zero-order valence-corrected chi connectivity index (χ0v) is 17.5. The minimum atomic E-state index is -0.145. The number of para-hydroxylation sites is 1. The van der Waals surface area contributed by atoms with Gasteiger partial charge in [0.1, 0.15) is 23.1 Å². The summed E-state index contributed by atoms with van der Waals surface area (Å²) in [6.07, 6.45) is 3.66. The number of rotatable bonds is 6. The lowest BCUT2D eigenvalue weighted by atomic mass is 10.1. The Kier molecular flexibility index (Phi) is 5.71. The fraction of sp³-hybridized carbons (Fsp3) is 0.120. The molecule has 1 heterocycles. The third-order valence-corrected chi connectivity index (χ3v) is 4.98. The summed E-state index contributed by atoms with van der Waals surface area (Å²) in [5.74, 6) is 2.61. The maximum atomic E-state index is 13.4. The van der Waals surface area contributed by atoms with Crippen LogP contribution in [0.2, 0.25) is 0 Å². The number of fused-ring (bicyclic) bond motifs is 1. The Bertz CT molecular complexity index is 1310. The van der Waals surface area contributed by atoms with Gasteiger partial charge in [-0.2, -0.15) is 0 Å². The molecule has 6 heteroatoms. The van der Waals surface area contributed by atoms with Crippen LogP contribution in [0.4, 0.5) is 0 Å². The monoisotopic (exact) mass is 414 g/mol. The topological polar surface area (TPSA) is 62.6 Å². The molecule has 4 rings (SSSR count). The summed E-state index contributed by atoms with van der Waals surface area (Å²) in [7, 11) is 4.83. The highest BCUT2D eigenvalue weighted by Gasteiger charge is 2.12. The SMILES string of the molecule is COc1ccc(-n2c(/C=C/c3cc(OC)ccc3OC)nc3ccccc3c2=O)cc1. The second kappa shape index (κ2) is 8.75. The van der Waals surface area contributed by atoms with Gasteiger partial charge < -0.3 is 14.2 Å². The van der Waals surface area contributed by atoms with Crippen molar-refractivity contribution in [3.05, 3.63) is 88.5 Å². The smallest absolute Gasteiger partial charge is 0.266 e. The molecule has 156 valence electrons. The van der Waals surface area contributed by atoms with Crippen LogP contribution in [-0.4, -0.2) is 30.9 Å². The van der Waals surface area contributed by atoms with E-state index in [0.717, 1.165) is 5.56 Å². The first-order valence-electron chi connectivity index (χ1n) is 9.71. The van der Waals surface area contributed by atoms with Crippen molar-refractivity contribution in [1.29, 1.82) is 0 Å². The average Bonchev–Trinajstić information content (AvgIpc) is 2.82. The highest BCUT2D eigenvalue weighted by atomic mass is 16.5. The van der Waals surface area contributed by atoms with E-state index in [4.69, 9.17) is 19.2 Å². The van der Waals surface area contributed by atoms with E-state index >= 15 is 0 Å². The molecule has 0 radical (unpaired) electrons. The minimum absolute atomic E-state index is 0.145. The van der Waals surface area contributed by atoms with Gasteiger partial charge in [-0.1, -0.05) is 12.1 Å². The van der Waals surface area contributed by atoms with Gasteiger partial charge >= 0.3 is 0 Å². The molecule has 0 bridgehead atoms. The summed E-state index contributed by atoms with van der Waals surface area (Å²) in [4.78, 5) is 18.1. The van der Waals surface area contributed by atoms with Crippen LogP contribution in [-0.2, 0) is 0 Å². The predicted molar refractivity (Wildman–Crippen MR) is 122 cm³/mol. The number of hydrogen-bond donors (Lipinski definition) is 0. The van der Waals surface area contributed by atoms with Crippen LogP contribution >= 0.6 is 0 Å². The molecule has 0 unspecified atom stereocenters. The third-order valence-electron chi connectivity index (χ3n) is 4.98. The Morgan fingerprint density at radius 1 is 0.806 bits per heavy atom. The Morgan fingerprint density at radius 2 is 1.52 bits per heavy atom. The molecule has 31 heavy (non-hydrogen) atoms. The highest BCUT2D eigenvalue weighted by Crippen LogP contribution is 2.26. The van der Waals surface area contributed by atoms with E-state index in [9.17, 15) is 4.79 Å². The third kappa shape index (κ3) is 4.00. The van der Waals surface area contributed by atoms with Crippen LogP contribution in [0.25, 0.3) is 28.7 Å². The summed E-state index contributed by atoms with van der Waals surface area (Å²) < 4.78 is 17.6. The van der Waals surface area contributed by atoms with E-state index in [1.165, 1.54) is 0 Å². The van der Waals surface area contributed by atoms with Gasteiger partial charge in [-0.05, 0) is 66.7 Å². The van der Waals surface area contributed by atoms with Gasteiger partial charge in [0.2, 0.25) is 0 Å². The molecule has 0 atom stereocenters.